The summed E-state index contributed by atoms with van der Waals surface area (Å²) in [7, 11) is -1.71. The molecule has 21 heavy (non-hydrogen) atoms. The zero-order valence-corrected chi connectivity index (χ0v) is 12.3. The average molecular weight is 303 g/mol. The van der Waals surface area contributed by atoms with Gasteiger partial charge in [-0.15, -0.1) is 0 Å². The first kappa shape index (κ1) is 13.6. The van der Waals surface area contributed by atoms with Crippen LogP contribution in [0.2, 0.25) is 0 Å². The van der Waals surface area contributed by atoms with Gasteiger partial charge in [0.15, 0.2) is 9.84 Å². The Bertz CT molecular complexity index is 916. The van der Waals surface area contributed by atoms with Crippen molar-refractivity contribution in [2.75, 3.05) is 13.4 Å². The summed E-state index contributed by atoms with van der Waals surface area (Å²) in [5.74, 6) is 1.04. The standard InChI is InChI=1S/C14H13N3O3S/c1-20-14-10(4-3-7-15-14)13-16-11-6-5-9(21(2,18)19)8-12(11)17-13/h3-8H,1-2H3,(H,16,17). The van der Waals surface area contributed by atoms with Crippen molar-refractivity contribution in [3.63, 3.8) is 0 Å². The number of methoxy groups -OCH3 is 1. The number of pyridine rings is 1. The lowest BCUT2D eigenvalue weighted by molar-refractivity contribution is 0.399. The van der Waals surface area contributed by atoms with E-state index in [1.807, 2.05) is 6.07 Å². The Morgan fingerprint density at radius 3 is 2.76 bits per heavy atom. The molecule has 1 aromatic carbocycles. The van der Waals surface area contributed by atoms with Gasteiger partial charge in [0.2, 0.25) is 5.88 Å². The van der Waals surface area contributed by atoms with E-state index < -0.39 is 9.84 Å². The highest BCUT2D eigenvalue weighted by Gasteiger charge is 2.13. The maximum Gasteiger partial charge on any atom is 0.224 e. The number of ether oxygens (including phenoxy) is 1. The van der Waals surface area contributed by atoms with E-state index in [0.717, 1.165) is 5.56 Å². The molecule has 3 aromatic rings. The first-order valence-electron chi connectivity index (χ1n) is 6.18. The zero-order chi connectivity index (χ0) is 15.0. The summed E-state index contributed by atoms with van der Waals surface area (Å²) in [6.45, 7) is 0. The quantitative estimate of drug-likeness (QED) is 0.800. The molecule has 2 aromatic heterocycles. The van der Waals surface area contributed by atoms with Crippen LogP contribution in [0, 0.1) is 0 Å². The Balaban J connectivity index is 2.18. The second-order valence-corrected chi connectivity index (χ2v) is 6.61. The van der Waals surface area contributed by atoms with E-state index in [9.17, 15) is 8.42 Å². The van der Waals surface area contributed by atoms with Gasteiger partial charge in [-0.25, -0.2) is 18.4 Å². The van der Waals surface area contributed by atoms with Crippen LogP contribution in [0.15, 0.2) is 41.4 Å². The van der Waals surface area contributed by atoms with Crippen LogP contribution in [0.3, 0.4) is 0 Å². The number of rotatable bonds is 3. The van der Waals surface area contributed by atoms with Crippen LogP contribution in [0.25, 0.3) is 22.4 Å². The van der Waals surface area contributed by atoms with E-state index in [4.69, 9.17) is 4.74 Å². The molecule has 0 bridgehead atoms. The van der Waals surface area contributed by atoms with E-state index >= 15 is 0 Å². The molecule has 108 valence electrons. The summed E-state index contributed by atoms with van der Waals surface area (Å²) in [6.07, 6.45) is 2.81. The lowest BCUT2D eigenvalue weighted by atomic mass is 10.2. The fourth-order valence-corrected chi connectivity index (χ4v) is 2.73. The molecule has 2 heterocycles. The fourth-order valence-electron chi connectivity index (χ4n) is 2.08. The minimum atomic E-state index is -3.25. The molecular weight excluding hydrogens is 290 g/mol. The van der Waals surface area contributed by atoms with Crippen molar-refractivity contribution >= 4 is 20.9 Å². The Morgan fingerprint density at radius 1 is 1.24 bits per heavy atom. The third-order valence-corrected chi connectivity index (χ3v) is 4.21. The normalized spacial score (nSPS) is 11.7. The van der Waals surface area contributed by atoms with E-state index in [0.29, 0.717) is 22.7 Å². The largest absolute Gasteiger partial charge is 0.480 e. The highest BCUT2D eigenvalue weighted by Crippen LogP contribution is 2.27. The maximum absolute atomic E-state index is 11.6. The van der Waals surface area contributed by atoms with Gasteiger partial charge >= 0.3 is 0 Å². The monoisotopic (exact) mass is 303 g/mol. The van der Waals surface area contributed by atoms with Gasteiger partial charge in [0.05, 0.1) is 28.6 Å². The highest BCUT2D eigenvalue weighted by molar-refractivity contribution is 7.90. The molecule has 0 saturated carbocycles. The third kappa shape index (κ3) is 2.47. The van der Waals surface area contributed by atoms with Crippen molar-refractivity contribution in [3.8, 4) is 17.3 Å². The van der Waals surface area contributed by atoms with E-state index in [-0.39, 0.29) is 4.90 Å². The van der Waals surface area contributed by atoms with Gasteiger partial charge in [-0.3, -0.25) is 0 Å². The summed E-state index contributed by atoms with van der Waals surface area (Å²) >= 11 is 0. The van der Waals surface area contributed by atoms with Gasteiger partial charge in [0.1, 0.15) is 5.82 Å². The van der Waals surface area contributed by atoms with Gasteiger partial charge < -0.3 is 9.72 Å². The summed E-state index contributed by atoms with van der Waals surface area (Å²) in [4.78, 5) is 11.9. The predicted molar refractivity (Wildman–Crippen MR) is 79.0 cm³/mol. The zero-order valence-electron chi connectivity index (χ0n) is 11.5. The average Bonchev–Trinajstić information content (AvgIpc) is 2.89. The number of hydrogen-bond acceptors (Lipinski definition) is 5. The van der Waals surface area contributed by atoms with Crippen molar-refractivity contribution in [2.24, 2.45) is 0 Å². The molecule has 7 heteroatoms. The van der Waals surface area contributed by atoms with E-state index in [1.54, 1.807) is 30.5 Å². The van der Waals surface area contributed by atoms with Crippen molar-refractivity contribution < 1.29 is 13.2 Å². The minimum absolute atomic E-state index is 0.253. The van der Waals surface area contributed by atoms with Gasteiger partial charge in [-0.05, 0) is 30.3 Å². The number of nitrogens with zero attached hydrogens (tertiary/aromatic N) is 2. The topological polar surface area (TPSA) is 84.9 Å². The molecule has 0 aliphatic carbocycles. The molecule has 1 N–H and O–H groups in total. The molecule has 0 radical (unpaired) electrons. The molecule has 0 amide bonds. The van der Waals surface area contributed by atoms with E-state index in [1.165, 1.54) is 13.4 Å². The van der Waals surface area contributed by atoms with Crippen LogP contribution in [0.1, 0.15) is 0 Å². The summed E-state index contributed by atoms with van der Waals surface area (Å²) < 4.78 is 28.4. The predicted octanol–water partition coefficient (Wildman–Crippen LogP) is 2.04. The second-order valence-electron chi connectivity index (χ2n) is 4.60. The van der Waals surface area contributed by atoms with Crippen molar-refractivity contribution in [2.45, 2.75) is 4.90 Å². The number of fused-ring (bicyclic) bond motifs is 1. The lowest BCUT2D eigenvalue weighted by Gasteiger charge is -2.03. The number of benzene rings is 1. The molecular formula is C14H13N3O3S. The molecule has 0 atom stereocenters. The van der Waals surface area contributed by atoms with Crippen LogP contribution in [0.5, 0.6) is 5.88 Å². The summed E-state index contributed by atoms with van der Waals surface area (Å²) in [6, 6.07) is 8.41. The lowest BCUT2D eigenvalue weighted by Crippen LogP contribution is -1.96. The molecule has 0 unspecified atom stereocenters. The Kier molecular flexibility index (Phi) is 3.13. The molecule has 0 saturated heterocycles. The molecule has 0 aliphatic rings. The highest BCUT2D eigenvalue weighted by atomic mass is 32.2. The first-order valence-corrected chi connectivity index (χ1v) is 8.07. The Hall–Kier alpha value is -2.41. The summed E-state index contributed by atoms with van der Waals surface area (Å²) in [5.41, 5.74) is 2.05. The van der Waals surface area contributed by atoms with Gasteiger partial charge in [-0.1, -0.05) is 0 Å². The molecule has 6 nitrogen and oxygen atoms in total. The van der Waals surface area contributed by atoms with Crippen LogP contribution in [-0.2, 0) is 9.84 Å². The van der Waals surface area contributed by atoms with Gasteiger partial charge in [-0.2, -0.15) is 0 Å². The number of imidazole rings is 1. The third-order valence-electron chi connectivity index (χ3n) is 3.10. The number of hydrogen-bond donors (Lipinski definition) is 1. The molecule has 0 spiro atoms. The van der Waals surface area contributed by atoms with Crippen LogP contribution >= 0.6 is 0 Å². The van der Waals surface area contributed by atoms with Gasteiger partial charge in [0.25, 0.3) is 0 Å². The van der Waals surface area contributed by atoms with E-state index in [2.05, 4.69) is 15.0 Å². The Morgan fingerprint density at radius 2 is 2.05 bits per heavy atom. The number of aromatic nitrogens is 3. The van der Waals surface area contributed by atoms with Crippen molar-refractivity contribution in [3.05, 3.63) is 36.5 Å². The maximum atomic E-state index is 11.6. The fraction of sp³-hybridized carbons (Fsp3) is 0.143. The smallest absolute Gasteiger partial charge is 0.224 e. The number of aromatic amines is 1. The molecule has 0 aliphatic heterocycles. The first-order chi connectivity index (χ1) is 9.99. The van der Waals surface area contributed by atoms with Crippen LogP contribution in [0.4, 0.5) is 0 Å². The number of nitrogens with one attached hydrogen (secondary N) is 1. The second kappa shape index (κ2) is 4.85. The van der Waals surface area contributed by atoms with Gasteiger partial charge in [0, 0.05) is 12.5 Å². The van der Waals surface area contributed by atoms with Crippen LogP contribution < -0.4 is 4.74 Å². The number of sulfone groups is 1. The van der Waals surface area contributed by atoms with Crippen LogP contribution in [-0.4, -0.2) is 36.7 Å². The number of H-pyrrole nitrogens is 1. The molecule has 3 rings (SSSR count). The SMILES string of the molecule is COc1ncccc1-c1nc2ccc(S(C)(=O)=O)cc2[nH]1. The summed E-state index contributed by atoms with van der Waals surface area (Å²) in [5, 5.41) is 0. The Labute approximate surface area is 121 Å². The van der Waals surface area contributed by atoms with Crippen molar-refractivity contribution in [1.29, 1.82) is 0 Å². The van der Waals surface area contributed by atoms with Crippen molar-refractivity contribution in [1.82, 2.24) is 15.0 Å². The minimum Gasteiger partial charge on any atom is -0.480 e. The molecule has 0 fully saturated rings.